The molecule has 1 aliphatic rings. The van der Waals surface area contributed by atoms with Gasteiger partial charge in [0.15, 0.2) is 5.58 Å². The highest BCUT2D eigenvalue weighted by Gasteiger charge is 2.35. The topological polar surface area (TPSA) is 106 Å². The number of rotatable bonds is 5. The lowest BCUT2D eigenvalue weighted by Gasteiger charge is -2.30. The van der Waals surface area contributed by atoms with Crippen molar-refractivity contribution in [3.8, 4) is 0 Å². The van der Waals surface area contributed by atoms with Crippen LogP contribution < -0.4 is 10.9 Å². The molecule has 4 aromatic heterocycles. The fourth-order valence-corrected chi connectivity index (χ4v) is 6.16. The molecule has 10 heteroatoms. The second kappa shape index (κ2) is 8.95. The number of aliphatic hydroxyl groups is 1. The van der Waals surface area contributed by atoms with E-state index >= 15 is 0 Å². The van der Waals surface area contributed by atoms with Crippen molar-refractivity contribution in [1.82, 2.24) is 24.5 Å². The maximum Gasteiger partial charge on any atom is 0.265 e. The van der Waals surface area contributed by atoms with Crippen molar-refractivity contribution in [1.29, 1.82) is 0 Å². The maximum absolute atomic E-state index is 11.2. The lowest BCUT2D eigenvalue weighted by molar-refractivity contribution is -0.870. The van der Waals surface area contributed by atoms with E-state index in [1.165, 1.54) is 16.8 Å². The Morgan fingerprint density at radius 1 is 1.10 bits per heavy atom. The van der Waals surface area contributed by atoms with Crippen LogP contribution >= 0.6 is 15.9 Å². The van der Waals surface area contributed by atoms with E-state index in [2.05, 4.69) is 76.8 Å². The molecule has 0 bridgehead atoms. The van der Waals surface area contributed by atoms with Gasteiger partial charge in [-0.25, -0.2) is 9.97 Å². The fourth-order valence-electron chi connectivity index (χ4n) is 5.78. The number of pyridine rings is 2. The molecular formula is C30H28BrN7O2+2. The van der Waals surface area contributed by atoms with Gasteiger partial charge in [0.05, 0.1) is 45.4 Å². The standard InChI is InChI=1S/C30H26BrN7O2/c1-37-13-23(35-15-37)28(39)30-36-27-26-25-18(7-9-32-21(25)8-10-33-26)24(29(27)40-30)20(14-38(2,3)4)19-12-34-22-11-16(31)5-6-17(19)22/h5-13,15,20,34H,14H2,1-4H3/p+2. The highest BCUT2D eigenvalue weighted by Crippen LogP contribution is 2.45. The van der Waals surface area contributed by atoms with Crippen LogP contribution in [0.5, 0.6) is 0 Å². The number of aryl methyl sites for hydroxylation is 1. The van der Waals surface area contributed by atoms with Crippen LogP contribution in [0.1, 0.15) is 22.7 Å². The van der Waals surface area contributed by atoms with Gasteiger partial charge in [0.2, 0.25) is 5.76 Å². The molecule has 200 valence electrons. The van der Waals surface area contributed by atoms with E-state index in [0.717, 1.165) is 37.4 Å². The van der Waals surface area contributed by atoms with Gasteiger partial charge in [0.1, 0.15) is 28.6 Å². The summed E-state index contributed by atoms with van der Waals surface area (Å²) in [6.45, 7) is 0.801. The molecule has 6 aromatic rings. The van der Waals surface area contributed by atoms with Crippen LogP contribution in [0.3, 0.4) is 0 Å². The van der Waals surface area contributed by atoms with Crippen LogP contribution in [0.25, 0.3) is 44.2 Å². The molecule has 0 saturated heterocycles. The number of nitrogens with two attached hydrogens (primary N) is 1. The van der Waals surface area contributed by atoms with Crippen molar-refractivity contribution >= 4 is 65.9 Å². The number of quaternary nitrogens is 2. The van der Waals surface area contributed by atoms with Crippen LogP contribution in [0.15, 0.2) is 70.3 Å². The second-order valence-electron chi connectivity index (χ2n) is 11.3. The zero-order valence-corrected chi connectivity index (χ0v) is 24.1. The minimum atomic E-state index is -0.115. The molecule has 2 aromatic carbocycles. The summed E-state index contributed by atoms with van der Waals surface area (Å²) in [6.07, 6.45) is 9.16. The largest absolute Gasteiger partial charge is 0.502 e. The molecule has 1 unspecified atom stereocenters. The number of aliphatic hydroxyl groups excluding tert-OH is 1. The van der Waals surface area contributed by atoms with Gasteiger partial charge < -0.3 is 18.6 Å². The first-order valence-corrected chi connectivity index (χ1v) is 13.8. The summed E-state index contributed by atoms with van der Waals surface area (Å²) in [5.74, 6) is -0.162. The van der Waals surface area contributed by atoms with Gasteiger partial charge in [0.25, 0.3) is 5.55 Å². The number of nitrogens with zero attached hydrogens (tertiary/aromatic N) is 6. The lowest BCUT2D eigenvalue weighted by Crippen LogP contribution is -2.69. The Morgan fingerprint density at radius 3 is 2.70 bits per heavy atom. The smallest absolute Gasteiger partial charge is 0.265 e. The second-order valence-corrected chi connectivity index (χ2v) is 12.3. The Kier molecular flexibility index (Phi) is 5.57. The number of oxazole rings is 1. The highest BCUT2D eigenvalue weighted by molar-refractivity contribution is 9.10. The van der Waals surface area contributed by atoms with E-state index < -0.39 is 0 Å². The van der Waals surface area contributed by atoms with Crippen molar-refractivity contribution in [3.63, 3.8) is 0 Å². The van der Waals surface area contributed by atoms with E-state index in [-0.39, 0.29) is 17.2 Å². The summed E-state index contributed by atoms with van der Waals surface area (Å²) in [7, 11) is 8.44. The van der Waals surface area contributed by atoms with Gasteiger partial charge in [-0.2, -0.15) is 0 Å². The van der Waals surface area contributed by atoms with Crippen molar-refractivity contribution in [2.45, 2.75) is 5.92 Å². The van der Waals surface area contributed by atoms with Crippen LogP contribution in [-0.4, -0.2) is 61.8 Å². The molecule has 40 heavy (non-hydrogen) atoms. The summed E-state index contributed by atoms with van der Waals surface area (Å²) in [5, 5.41) is 15.3. The number of hydrogen-bond donors (Lipinski definition) is 2. The monoisotopic (exact) mass is 597 g/mol. The Labute approximate surface area is 238 Å². The van der Waals surface area contributed by atoms with Crippen molar-refractivity contribution in [2.24, 2.45) is 7.05 Å². The highest BCUT2D eigenvalue weighted by atomic mass is 79.9. The zero-order chi connectivity index (χ0) is 27.8. The first kappa shape index (κ1) is 24.9. The molecule has 0 saturated carbocycles. The van der Waals surface area contributed by atoms with Crippen LogP contribution in [0.2, 0.25) is 0 Å². The predicted molar refractivity (Wildman–Crippen MR) is 158 cm³/mol. The maximum atomic E-state index is 11.2. The summed E-state index contributed by atoms with van der Waals surface area (Å²) < 4.78 is 10.0. The quantitative estimate of drug-likeness (QED) is 0.231. The number of benzene rings is 2. The molecule has 1 atom stereocenters. The Hall–Kier alpha value is -4.12. The summed E-state index contributed by atoms with van der Waals surface area (Å²) in [5.41, 5.74) is 7.85. The van der Waals surface area contributed by atoms with Crippen LogP contribution in [0.4, 0.5) is 5.69 Å². The molecule has 3 N–H and O–H groups in total. The molecule has 0 amide bonds. The first-order chi connectivity index (χ1) is 19.2. The molecule has 5 heterocycles. The molecule has 7 rings (SSSR count). The van der Waals surface area contributed by atoms with Crippen LogP contribution in [-0.2, 0) is 7.05 Å². The fraction of sp³-hybridized carbons (Fsp3) is 0.200. The average molecular weight is 599 g/mol. The van der Waals surface area contributed by atoms with Gasteiger partial charge in [-0.3, -0.25) is 15.3 Å². The van der Waals surface area contributed by atoms with E-state index in [1.54, 1.807) is 23.3 Å². The molecule has 0 aliphatic carbocycles. The Bertz CT molecular complexity index is 2050. The third-order valence-corrected chi connectivity index (χ3v) is 7.90. The van der Waals surface area contributed by atoms with E-state index in [1.807, 2.05) is 25.4 Å². The lowest BCUT2D eigenvalue weighted by atomic mass is 9.83. The summed E-state index contributed by atoms with van der Waals surface area (Å²) >= 11 is 3.62. The van der Waals surface area contributed by atoms with E-state index in [9.17, 15) is 5.11 Å². The zero-order valence-electron chi connectivity index (χ0n) is 22.6. The summed E-state index contributed by atoms with van der Waals surface area (Å²) in [6, 6.07) is 10.4. The predicted octanol–water partition coefficient (Wildman–Crippen LogP) is 3.89. The molecule has 0 radical (unpaired) electrons. The number of halogens is 1. The Morgan fingerprint density at radius 2 is 1.93 bits per heavy atom. The van der Waals surface area contributed by atoms with Crippen molar-refractivity contribution < 1.29 is 19.3 Å². The van der Waals surface area contributed by atoms with Crippen molar-refractivity contribution in [3.05, 3.63) is 88.3 Å². The molecule has 0 spiro atoms. The van der Waals surface area contributed by atoms with Gasteiger partial charge in [-0.1, -0.05) is 15.9 Å². The SMILES string of the molecule is Cn1cnc(C(O)=c2nc3c(o2)c(C(C[N+](C)(C)C)C2=C[NH2+]c4cc(Br)ccc42)c2ccnc4ccnc3c42)c1. The minimum absolute atomic E-state index is 0.0471. The number of imidazole rings is 1. The number of hydrogen-bond acceptors (Lipinski definition) is 6. The molecular weight excluding hydrogens is 570 g/mol. The summed E-state index contributed by atoms with van der Waals surface area (Å²) in [4.78, 5) is 18.5. The van der Waals surface area contributed by atoms with E-state index in [4.69, 9.17) is 14.4 Å². The average Bonchev–Trinajstić information content (AvgIpc) is 3.65. The Balaban J connectivity index is 1.60. The van der Waals surface area contributed by atoms with Gasteiger partial charge >= 0.3 is 0 Å². The number of aromatic nitrogens is 5. The van der Waals surface area contributed by atoms with E-state index in [0.29, 0.717) is 22.3 Å². The van der Waals surface area contributed by atoms with Crippen molar-refractivity contribution in [2.75, 3.05) is 27.7 Å². The number of fused-ring (bicyclic) bond motifs is 3. The first-order valence-electron chi connectivity index (χ1n) is 13.0. The molecule has 1 aliphatic heterocycles. The van der Waals surface area contributed by atoms with Gasteiger partial charge in [-0.15, -0.1) is 0 Å². The van der Waals surface area contributed by atoms with Crippen LogP contribution in [0, 0.1) is 0 Å². The van der Waals surface area contributed by atoms with Gasteiger partial charge in [0, 0.05) is 58.3 Å². The normalized spacial score (nSPS) is 15.2. The third kappa shape index (κ3) is 3.98. The minimum Gasteiger partial charge on any atom is -0.502 e. The number of likely N-dealkylation sites (N-methyl/N-ethyl adjacent to an activating group) is 1. The van der Waals surface area contributed by atoms with Gasteiger partial charge in [-0.05, 0) is 29.7 Å². The third-order valence-electron chi connectivity index (χ3n) is 7.41. The molecule has 9 nitrogen and oxygen atoms in total. The molecule has 0 fully saturated rings.